The zero-order chi connectivity index (χ0) is 16.1. The number of hydrogen-bond acceptors (Lipinski definition) is 3. The van der Waals surface area contributed by atoms with E-state index < -0.39 is 0 Å². The summed E-state index contributed by atoms with van der Waals surface area (Å²) in [7, 11) is 0. The first kappa shape index (κ1) is 15.3. The first-order valence-electron chi connectivity index (χ1n) is 7.23. The minimum Gasteiger partial charge on any atom is -0.356 e. The molecule has 1 aromatic heterocycles. The number of nitrogens with zero attached hydrogens (tertiary/aromatic N) is 1. The van der Waals surface area contributed by atoms with Crippen molar-refractivity contribution in [3.63, 3.8) is 0 Å². The molecule has 4 nitrogen and oxygen atoms in total. The van der Waals surface area contributed by atoms with E-state index in [-0.39, 0.29) is 12.3 Å². The Hall–Kier alpha value is -2.59. The average Bonchev–Trinajstić information content (AvgIpc) is 3.05. The van der Waals surface area contributed by atoms with Gasteiger partial charge >= 0.3 is 0 Å². The van der Waals surface area contributed by atoms with Gasteiger partial charge in [-0.1, -0.05) is 65.3 Å². The van der Waals surface area contributed by atoms with E-state index in [1.165, 1.54) is 0 Å². The Morgan fingerprint density at radius 1 is 1.09 bits per heavy atom. The van der Waals surface area contributed by atoms with Crippen molar-refractivity contribution in [3.05, 3.63) is 76.9 Å². The molecular weight excluding hydrogens is 312 g/mol. The standard InChI is InChI=1S/C18H15ClN2O2/c19-16-9-5-4-8-14(16)10-18(22)20-12-15-11-17(23-21-15)13-6-2-1-3-7-13/h1-9,11H,10,12H2,(H,20,22). The Balaban J connectivity index is 1.58. The third-order valence-electron chi connectivity index (χ3n) is 3.39. The van der Waals surface area contributed by atoms with Crippen LogP contribution in [0.15, 0.2) is 65.2 Å². The molecule has 3 rings (SSSR count). The van der Waals surface area contributed by atoms with E-state index in [0.29, 0.717) is 23.0 Å². The molecule has 0 bridgehead atoms. The van der Waals surface area contributed by atoms with Crippen LogP contribution in [0.4, 0.5) is 0 Å². The SMILES string of the molecule is O=C(Cc1ccccc1Cl)NCc1cc(-c2ccccc2)on1. The lowest BCUT2D eigenvalue weighted by atomic mass is 10.1. The molecule has 0 fully saturated rings. The van der Waals surface area contributed by atoms with Crippen LogP contribution in [0.2, 0.25) is 5.02 Å². The molecule has 1 N–H and O–H groups in total. The minimum absolute atomic E-state index is 0.109. The topological polar surface area (TPSA) is 55.1 Å². The molecule has 1 heterocycles. The van der Waals surface area contributed by atoms with Gasteiger partial charge in [0.25, 0.3) is 0 Å². The number of carbonyl (C=O) groups is 1. The van der Waals surface area contributed by atoms with Gasteiger partial charge in [0.1, 0.15) is 5.69 Å². The third kappa shape index (κ3) is 3.99. The molecule has 23 heavy (non-hydrogen) atoms. The second kappa shape index (κ2) is 7.11. The zero-order valence-corrected chi connectivity index (χ0v) is 13.1. The molecule has 0 atom stereocenters. The molecule has 0 aliphatic heterocycles. The van der Waals surface area contributed by atoms with Gasteiger partial charge in [-0.15, -0.1) is 0 Å². The van der Waals surface area contributed by atoms with Gasteiger partial charge in [-0.05, 0) is 11.6 Å². The lowest BCUT2D eigenvalue weighted by Gasteiger charge is -2.04. The molecule has 116 valence electrons. The molecule has 0 saturated heterocycles. The summed E-state index contributed by atoms with van der Waals surface area (Å²) >= 11 is 6.05. The summed E-state index contributed by atoms with van der Waals surface area (Å²) in [6, 6.07) is 18.8. The Morgan fingerprint density at radius 2 is 1.83 bits per heavy atom. The number of hydrogen-bond donors (Lipinski definition) is 1. The van der Waals surface area contributed by atoms with Crippen LogP contribution in [-0.4, -0.2) is 11.1 Å². The summed E-state index contributed by atoms with van der Waals surface area (Å²) in [6.45, 7) is 0.319. The van der Waals surface area contributed by atoms with Crippen LogP contribution in [0.1, 0.15) is 11.3 Å². The van der Waals surface area contributed by atoms with Crippen LogP contribution in [-0.2, 0) is 17.8 Å². The average molecular weight is 327 g/mol. The molecule has 0 spiro atoms. The van der Waals surface area contributed by atoms with Crippen molar-refractivity contribution in [3.8, 4) is 11.3 Å². The van der Waals surface area contributed by atoms with Crippen molar-refractivity contribution in [2.45, 2.75) is 13.0 Å². The van der Waals surface area contributed by atoms with E-state index in [9.17, 15) is 4.79 Å². The van der Waals surface area contributed by atoms with Gasteiger partial charge in [0, 0.05) is 16.7 Å². The van der Waals surface area contributed by atoms with Crippen LogP contribution < -0.4 is 5.32 Å². The lowest BCUT2D eigenvalue weighted by Crippen LogP contribution is -2.24. The summed E-state index contributed by atoms with van der Waals surface area (Å²) in [4.78, 5) is 12.0. The van der Waals surface area contributed by atoms with Crippen molar-refractivity contribution in [1.29, 1.82) is 0 Å². The highest BCUT2D eigenvalue weighted by atomic mass is 35.5. The third-order valence-corrected chi connectivity index (χ3v) is 3.76. The van der Waals surface area contributed by atoms with E-state index in [2.05, 4.69) is 10.5 Å². The van der Waals surface area contributed by atoms with E-state index in [0.717, 1.165) is 11.1 Å². The molecule has 2 aromatic carbocycles. The summed E-state index contributed by atoms with van der Waals surface area (Å²) in [5, 5.41) is 7.39. The normalized spacial score (nSPS) is 10.5. The molecule has 0 unspecified atom stereocenters. The fourth-order valence-electron chi connectivity index (χ4n) is 2.20. The van der Waals surface area contributed by atoms with Crippen LogP contribution in [0.3, 0.4) is 0 Å². The van der Waals surface area contributed by atoms with Crippen molar-refractivity contribution in [2.75, 3.05) is 0 Å². The molecule has 5 heteroatoms. The number of aromatic nitrogens is 1. The maximum atomic E-state index is 12.0. The second-order valence-corrected chi connectivity index (χ2v) is 5.50. The largest absolute Gasteiger partial charge is 0.356 e. The maximum Gasteiger partial charge on any atom is 0.224 e. The summed E-state index contributed by atoms with van der Waals surface area (Å²) in [5.74, 6) is 0.573. The smallest absolute Gasteiger partial charge is 0.224 e. The van der Waals surface area contributed by atoms with Crippen LogP contribution in [0, 0.1) is 0 Å². The van der Waals surface area contributed by atoms with Crippen molar-refractivity contribution >= 4 is 17.5 Å². The fourth-order valence-corrected chi connectivity index (χ4v) is 2.40. The first-order valence-corrected chi connectivity index (χ1v) is 7.61. The van der Waals surface area contributed by atoms with E-state index >= 15 is 0 Å². The molecular formula is C18H15ClN2O2. The number of nitrogens with one attached hydrogen (secondary N) is 1. The monoisotopic (exact) mass is 326 g/mol. The quantitative estimate of drug-likeness (QED) is 0.774. The van der Waals surface area contributed by atoms with E-state index in [1.807, 2.05) is 54.6 Å². The Kier molecular flexibility index (Phi) is 4.74. The van der Waals surface area contributed by atoms with Gasteiger partial charge in [-0.3, -0.25) is 4.79 Å². The highest BCUT2D eigenvalue weighted by Gasteiger charge is 2.09. The predicted octanol–water partition coefficient (Wildman–Crippen LogP) is 3.85. The Labute approximate surface area is 139 Å². The predicted molar refractivity (Wildman–Crippen MR) is 88.9 cm³/mol. The van der Waals surface area contributed by atoms with Gasteiger partial charge in [0.2, 0.25) is 5.91 Å². The number of rotatable bonds is 5. The summed E-state index contributed by atoms with van der Waals surface area (Å²) in [5.41, 5.74) is 2.43. The number of amides is 1. The Morgan fingerprint density at radius 3 is 2.61 bits per heavy atom. The molecule has 0 saturated carbocycles. The Bertz CT molecular complexity index is 800. The van der Waals surface area contributed by atoms with Gasteiger partial charge < -0.3 is 9.84 Å². The maximum absolute atomic E-state index is 12.0. The van der Waals surface area contributed by atoms with Gasteiger partial charge in [0.15, 0.2) is 5.76 Å². The van der Waals surface area contributed by atoms with Gasteiger partial charge in [-0.25, -0.2) is 0 Å². The van der Waals surface area contributed by atoms with Crippen LogP contribution in [0.5, 0.6) is 0 Å². The van der Waals surface area contributed by atoms with Crippen LogP contribution >= 0.6 is 11.6 Å². The summed E-state index contributed by atoms with van der Waals surface area (Å²) in [6.07, 6.45) is 0.239. The number of carbonyl (C=O) groups excluding carboxylic acids is 1. The minimum atomic E-state index is -0.109. The lowest BCUT2D eigenvalue weighted by molar-refractivity contribution is -0.120. The van der Waals surface area contributed by atoms with E-state index in [1.54, 1.807) is 6.07 Å². The first-order chi connectivity index (χ1) is 11.2. The molecule has 0 radical (unpaired) electrons. The highest BCUT2D eigenvalue weighted by Crippen LogP contribution is 2.19. The van der Waals surface area contributed by atoms with Gasteiger partial charge in [0.05, 0.1) is 13.0 Å². The van der Waals surface area contributed by atoms with E-state index in [4.69, 9.17) is 16.1 Å². The van der Waals surface area contributed by atoms with Crippen molar-refractivity contribution < 1.29 is 9.32 Å². The fraction of sp³-hybridized carbons (Fsp3) is 0.111. The molecule has 3 aromatic rings. The van der Waals surface area contributed by atoms with Crippen molar-refractivity contribution in [2.24, 2.45) is 0 Å². The van der Waals surface area contributed by atoms with Crippen LogP contribution in [0.25, 0.3) is 11.3 Å². The second-order valence-electron chi connectivity index (χ2n) is 5.09. The van der Waals surface area contributed by atoms with Gasteiger partial charge in [-0.2, -0.15) is 0 Å². The zero-order valence-electron chi connectivity index (χ0n) is 12.3. The molecule has 0 aliphatic rings. The summed E-state index contributed by atoms with van der Waals surface area (Å²) < 4.78 is 5.30. The molecule has 0 aliphatic carbocycles. The number of benzene rings is 2. The van der Waals surface area contributed by atoms with Crippen molar-refractivity contribution in [1.82, 2.24) is 10.5 Å². The molecule has 1 amide bonds. The highest BCUT2D eigenvalue weighted by molar-refractivity contribution is 6.31. The number of halogens is 1.